The van der Waals surface area contributed by atoms with Crippen LogP contribution in [-0.2, 0) is 19.1 Å². The lowest BCUT2D eigenvalue weighted by molar-refractivity contribution is -0.160. The normalized spacial score (nSPS) is 13.7. The highest BCUT2D eigenvalue weighted by Gasteiger charge is 2.41. The molecule has 0 aliphatic carbocycles. The van der Waals surface area contributed by atoms with Crippen molar-refractivity contribution in [2.45, 2.75) is 26.4 Å². The molecule has 1 aliphatic heterocycles. The van der Waals surface area contributed by atoms with E-state index in [9.17, 15) is 14.4 Å². The fourth-order valence-corrected chi connectivity index (χ4v) is 7.71. The molecular weight excluding hydrogens is 659 g/mol. The van der Waals surface area contributed by atoms with Gasteiger partial charge in [0.25, 0.3) is 11.8 Å². The quantitative estimate of drug-likeness (QED) is 0.129. The molecular formula is C46H35N3O4. The van der Waals surface area contributed by atoms with E-state index < -0.39 is 29.9 Å². The molecule has 6 aromatic carbocycles. The second-order valence-corrected chi connectivity index (χ2v) is 14.4. The summed E-state index contributed by atoms with van der Waals surface area (Å²) in [5, 5.41) is 4.60. The lowest BCUT2D eigenvalue weighted by atomic mass is 9.96. The first-order chi connectivity index (χ1) is 25.7. The van der Waals surface area contributed by atoms with Crippen molar-refractivity contribution in [2.75, 3.05) is 6.54 Å². The number of carbonyl (C=O) groups excluding carboxylic acids is 3. The first kappa shape index (κ1) is 32.2. The number of nitrogens with zero attached hydrogens (tertiary/aromatic N) is 3. The van der Waals surface area contributed by atoms with Gasteiger partial charge in [-0.3, -0.25) is 19.3 Å². The molecule has 9 rings (SSSR count). The zero-order chi connectivity index (χ0) is 36.4. The molecule has 0 atom stereocenters. The Morgan fingerprint density at radius 2 is 0.811 bits per heavy atom. The number of carbonyl (C=O) groups is 3. The molecule has 3 heterocycles. The van der Waals surface area contributed by atoms with E-state index in [1.165, 1.54) is 0 Å². The highest BCUT2D eigenvalue weighted by Crippen LogP contribution is 2.39. The van der Waals surface area contributed by atoms with E-state index in [0.717, 1.165) is 59.9 Å². The third-order valence-corrected chi connectivity index (χ3v) is 9.86. The number of hydrogen-bond acceptors (Lipinski definition) is 4. The summed E-state index contributed by atoms with van der Waals surface area (Å²) >= 11 is 0. The van der Waals surface area contributed by atoms with Crippen molar-refractivity contribution >= 4 is 72.5 Å². The predicted octanol–water partition coefficient (Wildman–Crippen LogP) is 9.50. The standard InChI is InChI=1S/C46H35N3O4/c1-46(2,3)53-41(50)28-47-44(51)42(29-20-24-31(25-21-29)48-37-16-8-4-12-33(37)34-13-5-9-17-38(34)48)43(45(47)52)30-22-26-32(27-23-30)49-39-18-10-6-14-35(39)36-15-7-11-19-40(36)49/h4-27H,28H2,1-3H3. The van der Waals surface area contributed by atoms with Gasteiger partial charge in [-0.15, -0.1) is 0 Å². The molecule has 2 aromatic heterocycles. The average molecular weight is 694 g/mol. The zero-order valence-corrected chi connectivity index (χ0v) is 29.5. The third-order valence-electron chi connectivity index (χ3n) is 9.86. The van der Waals surface area contributed by atoms with Crippen LogP contribution in [0.3, 0.4) is 0 Å². The Hall–Kier alpha value is -6.73. The number of benzene rings is 6. The molecule has 7 nitrogen and oxygen atoms in total. The van der Waals surface area contributed by atoms with Crippen LogP contribution in [0.15, 0.2) is 146 Å². The monoisotopic (exact) mass is 693 g/mol. The number of aromatic nitrogens is 2. The maximum Gasteiger partial charge on any atom is 0.326 e. The van der Waals surface area contributed by atoms with Gasteiger partial charge in [-0.2, -0.15) is 0 Å². The van der Waals surface area contributed by atoms with E-state index >= 15 is 0 Å². The van der Waals surface area contributed by atoms with E-state index in [1.54, 1.807) is 20.8 Å². The summed E-state index contributed by atoms with van der Waals surface area (Å²) in [6, 6.07) is 48.5. The van der Waals surface area contributed by atoms with Crippen LogP contribution in [0.1, 0.15) is 31.9 Å². The molecule has 0 fully saturated rings. The minimum atomic E-state index is -0.771. The minimum Gasteiger partial charge on any atom is -0.459 e. The second-order valence-electron chi connectivity index (χ2n) is 14.4. The van der Waals surface area contributed by atoms with Crippen LogP contribution in [0.5, 0.6) is 0 Å². The summed E-state index contributed by atoms with van der Waals surface area (Å²) in [7, 11) is 0. The van der Waals surface area contributed by atoms with Crippen LogP contribution in [-0.4, -0.2) is 44.0 Å². The molecule has 0 radical (unpaired) electrons. The largest absolute Gasteiger partial charge is 0.459 e. The number of imide groups is 1. The third kappa shape index (κ3) is 5.32. The molecule has 0 saturated heterocycles. The summed E-state index contributed by atoms with van der Waals surface area (Å²) in [6.07, 6.45) is 0. The minimum absolute atomic E-state index is 0.247. The number of amides is 2. The Morgan fingerprint density at radius 1 is 0.491 bits per heavy atom. The summed E-state index contributed by atoms with van der Waals surface area (Å²) in [4.78, 5) is 42.5. The van der Waals surface area contributed by atoms with Crippen molar-refractivity contribution < 1.29 is 19.1 Å². The topological polar surface area (TPSA) is 73.5 Å². The van der Waals surface area contributed by atoms with E-state index in [0.29, 0.717) is 11.1 Å². The van der Waals surface area contributed by atoms with Gasteiger partial charge in [-0.05, 0) is 80.4 Å². The first-order valence-electron chi connectivity index (χ1n) is 17.7. The summed E-state index contributed by atoms with van der Waals surface area (Å²) in [6.45, 7) is 4.78. The number of esters is 1. The lowest BCUT2D eigenvalue weighted by Gasteiger charge is -2.22. The molecule has 0 bridgehead atoms. The first-order valence-corrected chi connectivity index (χ1v) is 17.7. The van der Waals surface area contributed by atoms with E-state index in [-0.39, 0.29) is 11.1 Å². The Morgan fingerprint density at radius 3 is 1.13 bits per heavy atom. The van der Waals surface area contributed by atoms with Crippen molar-refractivity contribution in [1.82, 2.24) is 14.0 Å². The Kier molecular flexibility index (Phi) is 7.41. The number of ether oxygens (including phenoxy) is 1. The van der Waals surface area contributed by atoms with Crippen molar-refractivity contribution in [3.63, 3.8) is 0 Å². The van der Waals surface area contributed by atoms with Crippen LogP contribution in [0.4, 0.5) is 0 Å². The molecule has 258 valence electrons. The van der Waals surface area contributed by atoms with Gasteiger partial charge in [0.2, 0.25) is 0 Å². The Labute approximate surface area is 305 Å². The number of para-hydroxylation sites is 4. The average Bonchev–Trinajstić information content (AvgIpc) is 3.76. The van der Waals surface area contributed by atoms with Crippen LogP contribution < -0.4 is 0 Å². The van der Waals surface area contributed by atoms with Crippen molar-refractivity contribution in [1.29, 1.82) is 0 Å². The maximum atomic E-state index is 14.2. The molecule has 0 N–H and O–H groups in total. The van der Waals surface area contributed by atoms with Gasteiger partial charge in [-0.1, -0.05) is 97.1 Å². The lowest BCUT2D eigenvalue weighted by Crippen LogP contribution is -2.39. The van der Waals surface area contributed by atoms with E-state index in [4.69, 9.17) is 4.74 Å². The van der Waals surface area contributed by atoms with Gasteiger partial charge in [0.05, 0.1) is 33.2 Å². The van der Waals surface area contributed by atoms with Crippen LogP contribution >= 0.6 is 0 Å². The van der Waals surface area contributed by atoms with Gasteiger partial charge >= 0.3 is 5.97 Å². The fourth-order valence-electron chi connectivity index (χ4n) is 7.71. The molecule has 2 amide bonds. The number of rotatable bonds is 6. The summed E-state index contributed by atoms with van der Waals surface area (Å²) in [5.41, 5.74) is 7.02. The Balaban J connectivity index is 1.15. The molecule has 7 heteroatoms. The number of fused-ring (bicyclic) bond motifs is 6. The van der Waals surface area contributed by atoms with E-state index in [1.807, 2.05) is 97.1 Å². The zero-order valence-electron chi connectivity index (χ0n) is 29.5. The Bertz CT molecular complexity index is 2530. The fraction of sp³-hybridized carbons (Fsp3) is 0.109. The molecule has 8 aromatic rings. The van der Waals surface area contributed by atoms with E-state index in [2.05, 4.69) is 57.7 Å². The molecule has 53 heavy (non-hydrogen) atoms. The number of hydrogen-bond donors (Lipinski definition) is 0. The van der Waals surface area contributed by atoms with Gasteiger partial charge in [0, 0.05) is 32.9 Å². The summed E-state index contributed by atoms with van der Waals surface area (Å²) < 4.78 is 9.93. The molecule has 0 saturated carbocycles. The summed E-state index contributed by atoms with van der Waals surface area (Å²) in [5.74, 6) is -1.72. The molecule has 0 unspecified atom stereocenters. The highest BCUT2D eigenvalue weighted by molar-refractivity contribution is 6.49. The van der Waals surface area contributed by atoms with Crippen molar-refractivity contribution in [3.05, 3.63) is 157 Å². The SMILES string of the molecule is CC(C)(C)OC(=O)CN1C(=O)C(c2ccc(-n3c4ccccc4c4ccccc43)cc2)=C(c2ccc(-n3c4ccccc4c4ccccc43)cc2)C1=O. The maximum absolute atomic E-state index is 14.2. The van der Waals surface area contributed by atoms with Gasteiger partial charge in [0.15, 0.2) is 0 Å². The molecule has 1 aliphatic rings. The van der Waals surface area contributed by atoms with Gasteiger partial charge in [-0.25, -0.2) is 0 Å². The van der Waals surface area contributed by atoms with Crippen LogP contribution in [0, 0.1) is 0 Å². The molecule has 0 spiro atoms. The van der Waals surface area contributed by atoms with Gasteiger partial charge in [0.1, 0.15) is 12.1 Å². The van der Waals surface area contributed by atoms with Gasteiger partial charge < -0.3 is 13.9 Å². The smallest absolute Gasteiger partial charge is 0.326 e. The highest BCUT2D eigenvalue weighted by atomic mass is 16.6. The van der Waals surface area contributed by atoms with Crippen molar-refractivity contribution in [3.8, 4) is 11.4 Å². The second kappa shape index (κ2) is 12.2. The van der Waals surface area contributed by atoms with Crippen molar-refractivity contribution in [2.24, 2.45) is 0 Å². The predicted molar refractivity (Wildman–Crippen MR) is 211 cm³/mol. The van der Waals surface area contributed by atoms with Crippen LogP contribution in [0.25, 0.3) is 66.1 Å². The van der Waals surface area contributed by atoms with Crippen LogP contribution in [0.2, 0.25) is 0 Å².